The number of thiocarbonyl (C=S) groups is 1. The van der Waals surface area contributed by atoms with Gasteiger partial charge in [0, 0.05) is 16.2 Å². The molecule has 2 rings (SSSR count). The lowest BCUT2D eigenvalue weighted by atomic mass is 10.3. The maximum atomic E-state index is 5.21. The SMILES string of the molecule is COc1cccc(NC(=S)NNc2cccc(Br)c2)c1. The van der Waals surface area contributed by atoms with E-state index >= 15 is 0 Å². The van der Waals surface area contributed by atoms with Gasteiger partial charge in [-0.05, 0) is 42.5 Å². The molecular weight excluding hydrogens is 338 g/mol. The zero-order valence-corrected chi connectivity index (χ0v) is 13.2. The Hall–Kier alpha value is -1.79. The van der Waals surface area contributed by atoms with Crippen LogP contribution in [0.5, 0.6) is 5.75 Å². The van der Waals surface area contributed by atoms with E-state index in [4.69, 9.17) is 17.0 Å². The minimum absolute atomic E-state index is 0.471. The maximum Gasteiger partial charge on any atom is 0.189 e. The van der Waals surface area contributed by atoms with E-state index in [1.54, 1.807) is 7.11 Å². The monoisotopic (exact) mass is 351 g/mol. The van der Waals surface area contributed by atoms with Gasteiger partial charge in [-0.2, -0.15) is 0 Å². The van der Waals surface area contributed by atoms with Crippen molar-refractivity contribution in [3.8, 4) is 5.75 Å². The van der Waals surface area contributed by atoms with Crippen LogP contribution in [0.4, 0.5) is 11.4 Å². The summed E-state index contributed by atoms with van der Waals surface area (Å²) < 4.78 is 6.15. The van der Waals surface area contributed by atoms with Gasteiger partial charge in [0.05, 0.1) is 12.8 Å². The Labute approximate surface area is 131 Å². The minimum Gasteiger partial charge on any atom is -0.497 e. The van der Waals surface area contributed by atoms with E-state index in [-0.39, 0.29) is 0 Å². The summed E-state index contributed by atoms with van der Waals surface area (Å²) in [5.74, 6) is 0.776. The van der Waals surface area contributed by atoms with Crippen LogP contribution in [0.3, 0.4) is 0 Å². The maximum absolute atomic E-state index is 5.21. The van der Waals surface area contributed by atoms with Gasteiger partial charge in [-0.15, -0.1) is 0 Å². The van der Waals surface area contributed by atoms with Gasteiger partial charge in [-0.3, -0.25) is 10.9 Å². The Morgan fingerprint density at radius 1 is 1.10 bits per heavy atom. The van der Waals surface area contributed by atoms with E-state index in [0.717, 1.165) is 21.6 Å². The van der Waals surface area contributed by atoms with Crippen molar-refractivity contribution in [1.82, 2.24) is 5.43 Å². The molecule has 6 heteroatoms. The summed E-state index contributed by atoms with van der Waals surface area (Å²) in [6.45, 7) is 0. The Bertz CT molecular complexity index is 606. The van der Waals surface area contributed by atoms with E-state index in [9.17, 15) is 0 Å². The third-order valence-electron chi connectivity index (χ3n) is 2.47. The molecule has 0 radical (unpaired) electrons. The molecule has 0 saturated carbocycles. The second kappa shape index (κ2) is 7.12. The second-order valence-corrected chi connectivity index (χ2v) is 5.27. The molecule has 0 aromatic heterocycles. The summed E-state index contributed by atoms with van der Waals surface area (Å²) in [4.78, 5) is 0. The zero-order valence-electron chi connectivity index (χ0n) is 10.8. The van der Waals surface area contributed by atoms with Gasteiger partial charge >= 0.3 is 0 Å². The quantitative estimate of drug-likeness (QED) is 0.578. The van der Waals surface area contributed by atoms with Crippen molar-refractivity contribution in [2.24, 2.45) is 0 Å². The highest BCUT2D eigenvalue weighted by atomic mass is 79.9. The number of methoxy groups -OCH3 is 1. The van der Waals surface area contributed by atoms with Crippen LogP contribution in [-0.4, -0.2) is 12.2 Å². The smallest absolute Gasteiger partial charge is 0.189 e. The Morgan fingerprint density at radius 2 is 1.85 bits per heavy atom. The Kier molecular flexibility index (Phi) is 5.20. The first-order chi connectivity index (χ1) is 9.67. The van der Waals surface area contributed by atoms with Crippen molar-refractivity contribution in [1.29, 1.82) is 0 Å². The molecule has 0 saturated heterocycles. The van der Waals surface area contributed by atoms with Crippen LogP contribution >= 0.6 is 28.1 Å². The summed E-state index contributed by atoms with van der Waals surface area (Å²) in [5.41, 5.74) is 7.71. The van der Waals surface area contributed by atoms with E-state index in [1.807, 2.05) is 48.5 Å². The normalized spacial score (nSPS) is 9.70. The van der Waals surface area contributed by atoms with Crippen molar-refractivity contribution < 1.29 is 4.74 Å². The molecule has 3 N–H and O–H groups in total. The zero-order chi connectivity index (χ0) is 14.4. The van der Waals surface area contributed by atoms with Crippen molar-refractivity contribution in [2.45, 2.75) is 0 Å². The van der Waals surface area contributed by atoms with E-state index < -0.39 is 0 Å². The average molecular weight is 352 g/mol. The number of nitrogens with one attached hydrogen (secondary N) is 3. The molecule has 2 aromatic rings. The first kappa shape index (κ1) is 14.6. The molecular formula is C14H14BrN3OS. The average Bonchev–Trinajstić information content (AvgIpc) is 2.45. The van der Waals surface area contributed by atoms with Gasteiger partial charge < -0.3 is 10.1 Å². The summed E-state index contributed by atoms with van der Waals surface area (Å²) >= 11 is 8.62. The van der Waals surface area contributed by atoms with E-state index in [2.05, 4.69) is 32.1 Å². The van der Waals surface area contributed by atoms with Crippen LogP contribution in [0.15, 0.2) is 53.0 Å². The van der Waals surface area contributed by atoms with Gasteiger partial charge in [0.2, 0.25) is 0 Å². The van der Waals surface area contributed by atoms with Crippen LogP contribution in [0.1, 0.15) is 0 Å². The highest BCUT2D eigenvalue weighted by Crippen LogP contribution is 2.17. The fourth-order valence-electron chi connectivity index (χ4n) is 1.56. The Morgan fingerprint density at radius 3 is 2.60 bits per heavy atom. The van der Waals surface area contributed by atoms with Gasteiger partial charge in [0.1, 0.15) is 5.75 Å². The lowest BCUT2D eigenvalue weighted by Gasteiger charge is -2.13. The highest BCUT2D eigenvalue weighted by molar-refractivity contribution is 9.10. The summed E-state index contributed by atoms with van der Waals surface area (Å²) in [6, 6.07) is 15.3. The Balaban J connectivity index is 1.89. The van der Waals surface area contributed by atoms with Crippen molar-refractivity contribution in [3.63, 3.8) is 0 Å². The molecule has 20 heavy (non-hydrogen) atoms. The number of hydrogen-bond acceptors (Lipinski definition) is 3. The van der Waals surface area contributed by atoms with Crippen molar-refractivity contribution >= 4 is 44.6 Å². The van der Waals surface area contributed by atoms with Crippen LogP contribution < -0.4 is 20.9 Å². The van der Waals surface area contributed by atoms with Crippen molar-refractivity contribution in [3.05, 3.63) is 53.0 Å². The van der Waals surface area contributed by atoms with Gasteiger partial charge in [0.25, 0.3) is 0 Å². The summed E-state index contributed by atoms with van der Waals surface area (Å²) in [6.07, 6.45) is 0. The molecule has 4 nitrogen and oxygen atoms in total. The first-order valence-electron chi connectivity index (χ1n) is 5.90. The fourth-order valence-corrected chi connectivity index (χ4v) is 2.13. The van der Waals surface area contributed by atoms with Gasteiger partial charge in [0.15, 0.2) is 5.11 Å². The lowest BCUT2D eigenvalue weighted by molar-refractivity contribution is 0.415. The number of hydrogen-bond donors (Lipinski definition) is 3. The number of benzene rings is 2. The molecule has 0 fully saturated rings. The number of halogens is 1. The predicted octanol–water partition coefficient (Wildman–Crippen LogP) is 3.77. The topological polar surface area (TPSA) is 45.3 Å². The van der Waals surface area contributed by atoms with E-state index in [1.165, 1.54) is 0 Å². The molecule has 0 unspecified atom stereocenters. The molecule has 0 aliphatic carbocycles. The summed E-state index contributed by atoms with van der Waals surface area (Å²) in [7, 11) is 1.63. The van der Waals surface area contributed by atoms with E-state index in [0.29, 0.717) is 5.11 Å². The molecule has 0 aliphatic rings. The number of anilines is 2. The van der Waals surface area contributed by atoms with Crippen LogP contribution in [0.2, 0.25) is 0 Å². The highest BCUT2D eigenvalue weighted by Gasteiger charge is 1.99. The fraction of sp³-hybridized carbons (Fsp3) is 0.0714. The van der Waals surface area contributed by atoms with Crippen LogP contribution in [0, 0.1) is 0 Å². The number of rotatable bonds is 4. The predicted molar refractivity (Wildman–Crippen MR) is 90.1 cm³/mol. The largest absolute Gasteiger partial charge is 0.497 e. The summed E-state index contributed by atoms with van der Waals surface area (Å²) in [5, 5.41) is 3.54. The van der Waals surface area contributed by atoms with Crippen LogP contribution in [-0.2, 0) is 0 Å². The van der Waals surface area contributed by atoms with Gasteiger partial charge in [-0.1, -0.05) is 28.1 Å². The minimum atomic E-state index is 0.471. The van der Waals surface area contributed by atoms with Crippen molar-refractivity contribution in [2.75, 3.05) is 17.9 Å². The third kappa shape index (κ3) is 4.40. The molecule has 0 spiro atoms. The molecule has 0 amide bonds. The first-order valence-corrected chi connectivity index (χ1v) is 7.10. The molecule has 0 bridgehead atoms. The molecule has 0 aliphatic heterocycles. The molecule has 104 valence electrons. The molecule has 2 aromatic carbocycles. The molecule has 0 heterocycles. The molecule has 0 atom stereocenters. The standard InChI is InChI=1S/C14H14BrN3OS/c1-19-13-7-3-5-11(9-13)16-14(20)18-17-12-6-2-4-10(15)8-12/h2-9,17H,1H3,(H2,16,18,20). The van der Waals surface area contributed by atoms with Crippen LogP contribution in [0.25, 0.3) is 0 Å². The van der Waals surface area contributed by atoms with Gasteiger partial charge in [-0.25, -0.2) is 0 Å². The third-order valence-corrected chi connectivity index (χ3v) is 3.17. The second-order valence-electron chi connectivity index (χ2n) is 3.95. The lowest BCUT2D eigenvalue weighted by Crippen LogP contribution is -2.33. The number of ether oxygens (including phenoxy) is 1. The number of hydrazine groups is 1.